The molecule has 2 rings (SSSR count). The highest BCUT2D eigenvalue weighted by atomic mass is 32.2. The van der Waals surface area contributed by atoms with Crippen molar-refractivity contribution in [3.8, 4) is 0 Å². The molecule has 4 nitrogen and oxygen atoms in total. The zero-order valence-electron chi connectivity index (χ0n) is 13.0. The van der Waals surface area contributed by atoms with Crippen molar-refractivity contribution in [2.45, 2.75) is 44.6 Å². The Bertz CT molecular complexity index is 549. The molecule has 0 bridgehead atoms. The maximum atomic E-state index is 12.8. The lowest BCUT2D eigenvalue weighted by Crippen LogP contribution is -2.38. The van der Waals surface area contributed by atoms with E-state index in [9.17, 15) is 8.42 Å². The number of piperidine rings is 1. The van der Waals surface area contributed by atoms with E-state index in [1.807, 2.05) is 18.2 Å². The molecule has 0 saturated carbocycles. The highest BCUT2D eigenvalue weighted by Gasteiger charge is 2.29. The predicted molar refractivity (Wildman–Crippen MR) is 85.6 cm³/mol. The van der Waals surface area contributed by atoms with Gasteiger partial charge in [-0.3, -0.25) is 0 Å². The van der Waals surface area contributed by atoms with Crippen molar-refractivity contribution >= 4 is 10.0 Å². The number of benzene rings is 1. The topological polar surface area (TPSA) is 49.4 Å². The molecule has 0 spiro atoms. The fraction of sp³-hybridized carbons (Fsp3) is 0.625. The lowest BCUT2D eigenvalue weighted by molar-refractivity contribution is 0.288. The summed E-state index contributed by atoms with van der Waals surface area (Å²) >= 11 is 0. The molecular formula is C16H26N2O2S. The smallest absolute Gasteiger partial charge is 0.243 e. The third kappa shape index (κ3) is 4.05. The van der Waals surface area contributed by atoms with Crippen LogP contribution in [0.4, 0.5) is 0 Å². The van der Waals surface area contributed by atoms with Crippen molar-refractivity contribution in [3.63, 3.8) is 0 Å². The first-order valence-corrected chi connectivity index (χ1v) is 9.28. The highest BCUT2D eigenvalue weighted by Crippen LogP contribution is 2.25. The van der Waals surface area contributed by atoms with Gasteiger partial charge in [0.05, 0.1) is 4.90 Å². The van der Waals surface area contributed by atoms with Crippen LogP contribution in [0, 0.1) is 5.92 Å². The predicted octanol–water partition coefficient (Wildman–Crippen LogP) is 2.61. The number of rotatable bonds is 6. The van der Waals surface area contributed by atoms with Crippen molar-refractivity contribution < 1.29 is 8.42 Å². The number of hydrogen-bond donors (Lipinski definition) is 1. The van der Waals surface area contributed by atoms with Gasteiger partial charge in [0, 0.05) is 19.6 Å². The van der Waals surface area contributed by atoms with Crippen LogP contribution in [-0.2, 0) is 16.6 Å². The lowest BCUT2D eigenvalue weighted by Gasteiger charge is -2.30. The quantitative estimate of drug-likeness (QED) is 0.822. The Morgan fingerprint density at radius 1 is 1.24 bits per heavy atom. The van der Waals surface area contributed by atoms with Gasteiger partial charge < -0.3 is 5.32 Å². The molecule has 118 valence electrons. The van der Waals surface area contributed by atoms with E-state index in [0.29, 0.717) is 30.4 Å². The third-order valence-corrected chi connectivity index (χ3v) is 6.07. The van der Waals surface area contributed by atoms with Crippen molar-refractivity contribution in [2.75, 3.05) is 19.6 Å². The van der Waals surface area contributed by atoms with E-state index in [1.54, 1.807) is 10.4 Å². The van der Waals surface area contributed by atoms with Gasteiger partial charge in [-0.05, 0) is 43.4 Å². The second-order valence-electron chi connectivity index (χ2n) is 5.87. The van der Waals surface area contributed by atoms with Gasteiger partial charge >= 0.3 is 0 Å². The van der Waals surface area contributed by atoms with Crippen LogP contribution in [0.3, 0.4) is 0 Å². The lowest BCUT2D eigenvalue weighted by atomic mass is 10.0. The summed E-state index contributed by atoms with van der Waals surface area (Å²) in [6.45, 7) is 7.07. The van der Waals surface area contributed by atoms with Crippen molar-refractivity contribution in [2.24, 2.45) is 5.92 Å². The Morgan fingerprint density at radius 3 is 2.57 bits per heavy atom. The molecule has 0 unspecified atom stereocenters. The van der Waals surface area contributed by atoms with Crippen molar-refractivity contribution in [1.29, 1.82) is 0 Å². The Kier molecular flexibility index (Phi) is 5.79. The van der Waals surface area contributed by atoms with Gasteiger partial charge in [-0.1, -0.05) is 32.0 Å². The SMILES string of the molecule is CCCNCc1ccccc1S(=O)(=O)N1CCC(C)CC1. The van der Waals surface area contributed by atoms with Crippen LogP contribution in [0.2, 0.25) is 0 Å². The van der Waals surface area contributed by atoms with E-state index < -0.39 is 10.0 Å². The second kappa shape index (κ2) is 7.38. The molecule has 0 aliphatic carbocycles. The molecule has 0 atom stereocenters. The molecule has 1 aromatic rings. The van der Waals surface area contributed by atoms with E-state index >= 15 is 0 Å². The molecule has 1 aliphatic heterocycles. The van der Waals surface area contributed by atoms with Crippen LogP contribution in [0.25, 0.3) is 0 Å². The summed E-state index contributed by atoms with van der Waals surface area (Å²) in [7, 11) is -3.36. The van der Waals surface area contributed by atoms with Crippen LogP contribution < -0.4 is 5.32 Å². The van der Waals surface area contributed by atoms with Crippen molar-refractivity contribution in [3.05, 3.63) is 29.8 Å². The number of nitrogens with one attached hydrogen (secondary N) is 1. The summed E-state index contributed by atoms with van der Waals surface area (Å²) in [5.74, 6) is 0.623. The number of nitrogens with zero attached hydrogens (tertiary/aromatic N) is 1. The minimum atomic E-state index is -3.36. The summed E-state index contributed by atoms with van der Waals surface area (Å²) in [4.78, 5) is 0.461. The summed E-state index contributed by atoms with van der Waals surface area (Å²) in [5.41, 5.74) is 0.865. The zero-order chi connectivity index (χ0) is 15.3. The third-order valence-electron chi connectivity index (χ3n) is 4.08. The molecule has 0 amide bonds. The second-order valence-corrected chi connectivity index (χ2v) is 7.78. The van der Waals surface area contributed by atoms with Crippen LogP contribution >= 0.6 is 0 Å². The van der Waals surface area contributed by atoms with Crippen LogP contribution in [0.15, 0.2) is 29.2 Å². The average Bonchev–Trinajstić information content (AvgIpc) is 2.48. The normalized spacial score (nSPS) is 18.0. The van der Waals surface area contributed by atoms with Crippen LogP contribution in [0.1, 0.15) is 38.7 Å². The maximum absolute atomic E-state index is 12.8. The van der Waals surface area contributed by atoms with E-state index in [0.717, 1.165) is 31.4 Å². The van der Waals surface area contributed by atoms with Gasteiger partial charge in [0.1, 0.15) is 0 Å². The molecule has 5 heteroatoms. The fourth-order valence-corrected chi connectivity index (χ4v) is 4.36. The molecule has 1 fully saturated rings. The Morgan fingerprint density at radius 2 is 1.90 bits per heavy atom. The maximum Gasteiger partial charge on any atom is 0.243 e. The fourth-order valence-electron chi connectivity index (χ4n) is 2.67. The van der Waals surface area contributed by atoms with E-state index in [2.05, 4.69) is 19.2 Å². The number of sulfonamides is 1. The van der Waals surface area contributed by atoms with Gasteiger partial charge in [-0.2, -0.15) is 4.31 Å². The first-order valence-electron chi connectivity index (χ1n) is 7.84. The largest absolute Gasteiger partial charge is 0.313 e. The average molecular weight is 310 g/mol. The van der Waals surface area contributed by atoms with Gasteiger partial charge in [-0.15, -0.1) is 0 Å². The molecular weight excluding hydrogens is 284 g/mol. The minimum absolute atomic E-state index is 0.461. The molecule has 1 N–H and O–H groups in total. The Balaban J connectivity index is 2.19. The molecule has 1 aliphatic rings. The first-order chi connectivity index (χ1) is 10.1. The molecule has 0 radical (unpaired) electrons. The van der Waals surface area contributed by atoms with Crippen LogP contribution in [0.5, 0.6) is 0 Å². The van der Waals surface area contributed by atoms with Gasteiger partial charge in [-0.25, -0.2) is 8.42 Å². The summed E-state index contributed by atoms with van der Waals surface area (Å²) < 4.78 is 27.3. The summed E-state index contributed by atoms with van der Waals surface area (Å²) in [6.07, 6.45) is 2.95. The van der Waals surface area contributed by atoms with E-state index in [1.165, 1.54) is 0 Å². The highest BCUT2D eigenvalue weighted by molar-refractivity contribution is 7.89. The molecule has 1 aromatic carbocycles. The van der Waals surface area contributed by atoms with Gasteiger partial charge in [0.2, 0.25) is 10.0 Å². The first kappa shape index (κ1) is 16.5. The van der Waals surface area contributed by atoms with Gasteiger partial charge in [0.25, 0.3) is 0 Å². The van der Waals surface area contributed by atoms with E-state index in [4.69, 9.17) is 0 Å². The molecule has 1 heterocycles. The Labute approximate surface area is 128 Å². The standard InChI is InChI=1S/C16H26N2O2S/c1-3-10-17-13-15-6-4-5-7-16(15)21(19,20)18-11-8-14(2)9-12-18/h4-7,14,17H,3,8-13H2,1-2H3. The monoisotopic (exact) mass is 310 g/mol. The summed E-state index contributed by atoms with van der Waals surface area (Å²) in [6, 6.07) is 7.35. The zero-order valence-corrected chi connectivity index (χ0v) is 13.8. The molecule has 0 aromatic heterocycles. The number of hydrogen-bond acceptors (Lipinski definition) is 3. The minimum Gasteiger partial charge on any atom is -0.313 e. The van der Waals surface area contributed by atoms with Crippen LogP contribution in [-0.4, -0.2) is 32.4 Å². The van der Waals surface area contributed by atoms with Gasteiger partial charge in [0.15, 0.2) is 0 Å². The Hall–Kier alpha value is -0.910. The molecule has 1 saturated heterocycles. The van der Waals surface area contributed by atoms with Crippen molar-refractivity contribution in [1.82, 2.24) is 9.62 Å². The molecule has 21 heavy (non-hydrogen) atoms. The summed E-state index contributed by atoms with van der Waals surface area (Å²) in [5, 5.41) is 3.29. The van der Waals surface area contributed by atoms with E-state index in [-0.39, 0.29) is 0 Å².